The molecule has 0 radical (unpaired) electrons. The van der Waals surface area contributed by atoms with Gasteiger partial charge in [-0.3, -0.25) is 14.7 Å². The van der Waals surface area contributed by atoms with E-state index in [9.17, 15) is 4.79 Å². The predicted molar refractivity (Wildman–Crippen MR) is 123 cm³/mol. The lowest BCUT2D eigenvalue weighted by molar-refractivity contribution is -0.114. The molecule has 0 unspecified atom stereocenters. The van der Waals surface area contributed by atoms with Gasteiger partial charge in [-0.2, -0.15) is 0 Å². The summed E-state index contributed by atoms with van der Waals surface area (Å²) < 4.78 is 0. The molecule has 0 aliphatic carbocycles. The summed E-state index contributed by atoms with van der Waals surface area (Å²) in [4.78, 5) is 29.1. The maximum absolute atomic E-state index is 13.4. The standard InChI is InChI=1S/C25H23N5O/c1-3-18-9-10-22-20(15-18)24(19-7-5-4-6-8-19)26-16-23-27-21(25(31)30(22)23)17-29-13-11-28(2)12-14-29/h1,4-10,15,17H,11-14,16H2,2H3/b21-17-. The van der Waals surface area contributed by atoms with E-state index in [0.717, 1.165) is 54.3 Å². The van der Waals surface area contributed by atoms with Gasteiger partial charge in [0.15, 0.2) is 0 Å². The van der Waals surface area contributed by atoms with Crippen molar-refractivity contribution < 1.29 is 4.79 Å². The van der Waals surface area contributed by atoms with Crippen molar-refractivity contribution >= 4 is 23.1 Å². The molecule has 154 valence electrons. The van der Waals surface area contributed by atoms with Crippen molar-refractivity contribution in [2.45, 2.75) is 0 Å². The Bertz CT molecular complexity index is 1160. The molecule has 1 fully saturated rings. The van der Waals surface area contributed by atoms with Crippen LogP contribution in [0.15, 0.2) is 70.4 Å². The highest BCUT2D eigenvalue weighted by Crippen LogP contribution is 2.32. The Balaban J connectivity index is 1.57. The second-order valence-electron chi connectivity index (χ2n) is 7.93. The molecule has 1 amide bonds. The molecule has 1 saturated heterocycles. The smallest absolute Gasteiger partial charge is 0.284 e. The first-order valence-electron chi connectivity index (χ1n) is 10.4. The largest absolute Gasteiger partial charge is 0.373 e. The average Bonchev–Trinajstić information content (AvgIpc) is 3.01. The molecule has 0 atom stereocenters. The van der Waals surface area contributed by atoms with E-state index >= 15 is 0 Å². The highest BCUT2D eigenvalue weighted by molar-refractivity contribution is 6.32. The third kappa shape index (κ3) is 3.54. The van der Waals surface area contributed by atoms with Crippen LogP contribution < -0.4 is 4.90 Å². The van der Waals surface area contributed by atoms with Crippen molar-refractivity contribution in [3.63, 3.8) is 0 Å². The fourth-order valence-corrected chi connectivity index (χ4v) is 4.12. The van der Waals surface area contributed by atoms with E-state index < -0.39 is 0 Å². The van der Waals surface area contributed by atoms with Crippen molar-refractivity contribution in [3.05, 3.63) is 77.1 Å². The zero-order valence-corrected chi connectivity index (χ0v) is 17.5. The average molecular weight is 409 g/mol. The molecule has 0 N–H and O–H groups in total. The van der Waals surface area contributed by atoms with Crippen molar-refractivity contribution in [1.29, 1.82) is 0 Å². The van der Waals surface area contributed by atoms with Gasteiger partial charge in [-0.05, 0) is 25.2 Å². The summed E-state index contributed by atoms with van der Waals surface area (Å²) in [5.74, 6) is 3.22. The molecule has 3 aliphatic rings. The number of benzene rings is 2. The first-order valence-corrected chi connectivity index (χ1v) is 10.4. The second-order valence-corrected chi connectivity index (χ2v) is 7.93. The Hall–Kier alpha value is -3.69. The fourth-order valence-electron chi connectivity index (χ4n) is 4.12. The summed E-state index contributed by atoms with van der Waals surface area (Å²) in [6, 6.07) is 15.7. The summed E-state index contributed by atoms with van der Waals surface area (Å²) in [6.45, 7) is 4.05. The number of aliphatic imine (C=N–C) groups is 2. The first kappa shape index (κ1) is 19.3. The number of carbonyl (C=O) groups is 1. The van der Waals surface area contributed by atoms with Crippen LogP contribution >= 0.6 is 0 Å². The van der Waals surface area contributed by atoms with E-state index in [1.807, 2.05) is 54.7 Å². The number of likely N-dealkylation sites (N-methyl/N-ethyl adjacent to an activating group) is 1. The Labute approximate surface area is 182 Å². The Morgan fingerprint density at radius 3 is 2.58 bits per heavy atom. The zero-order chi connectivity index (χ0) is 21.4. The van der Waals surface area contributed by atoms with Gasteiger partial charge < -0.3 is 9.80 Å². The molecule has 3 heterocycles. The van der Waals surface area contributed by atoms with Crippen molar-refractivity contribution in [3.8, 4) is 12.3 Å². The number of piperazine rings is 1. The topological polar surface area (TPSA) is 51.5 Å². The number of amides is 1. The van der Waals surface area contributed by atoms with Gasteiger partial charge in [-0.25, -0.2) is 4.99 Å². The van der Waals surface area contributed by atoms with E-state index in [4.69, 9.17) is 11.4 Å². The van der Waals surface area contributed by atoms with Crippen LogP contribution in [0.2, 0.25) is 0 Å². The van der Waals surface area contributed by atoms with E-state index in [1.165, 1.54) is 0 Å². The number of nitrogens with zero attached hydrogens (tertiary/aromatic N) is 5. The van der Waals surface area contributed by atoms with Crippen molar-refractivity contribution in [2.75, 3.05) is 44.7 Å². The van der Waals surface area contributed by atoms with Crippen LogP contribution in [0.1, 0.15) is 16.7 Å². The third-order valence-corrected chi connectivity index (χ3v) is 5.86. The van der Waals surface area contributed by atoms with Gasteiger partial charge in [-0.1, -0.05) is 36.3 Å². The monoisotopic (exact) mass is 409 g/mol. The van der Waals surface area contributed by atoms with Crippen LogP contribution in [0.25, 0.3) is 0 Å². The minimum absolute atomic E-state index is 0.117. The Morgan fingerprint density at radius 1 is 1.06 bits per heavy atom. The minimum Gasteiger partial charge on any atom is -0.373 e. The fraction of sp³-hybridized carbons (Fsp3) is 0.240. The van der Waals surface area contributed by atoms with Crippen LogP contribution in [-0.2, 0) is 4.79 Å². The van der Waals surface area contributed by atoms with E-state index in [2.05, 4.69) is 27.8 Å². The number of anilines is 1. The summed E-state index contributed by atoms with van der Waals surface area (Å²) in [6.07, 6.45) is 7.56. The number of terminal acetylenes is 1. The molecule has 0 aromatic heterocycles. The molecule has 3 aliphatic heterocycles. The lowest BCUT2D eigenvalue weighted by Crippen LogP contribution is -2.42. The molecule has 31 heavy (non-hydrogen) atoms. The number of amidine groups is 1. The lowest BCUT2D eigenvalue weighted by Gasteiger charge is -2.31. The first-order chi connectivity index (χ1) is 15.1. The molecular weight excluding hydrogens is 386 g/mol. The van der Waals surface area contributed by atoms with Crippen LogP contribution in [0.3, 0.4) is 0 Å². The minimum atomic E-state index is -0.117. The summed E-state index contributed by atoms with van der Waals surface area (Å²) >= 11 is 0. The molecule has 0 bridgehead atoms. The molecule has 2 aromatic carbocycles. The van der Waals surface area contributed by atoms with E-state index in [0.29, 0.717) is 18.1 Å². The predicted octanol–water partition coefficient (Wildman–Crippen LogP) is 2.35. The molecule has 6 heteroatoms. The zero-order valence-electron chi connectivity index (χ0n) is 17.5. The van der Waals surface area contributed by atoms with Gasteiger partial charge in [0.05, 0.1) is 17.9 Å². The van der Waals surface area contributed by atoms with Crippen LogP contribution in [-0.4, -0.2) is 67.0 Å². The number of hydrogen-bond donors (Lipinski definition) is 0. The van der Waals surface area contributed by atoms with Crippen LogP contribution in [0.4, 0.5) is 5.69 Å². The molecular formula is C25H23N5O. The molecule has 5 rings (SSSR count). The highest BCUT2D eigenvalue weighted by Gasteiger charge is 2.36. The lowest BCUT2D eigenvalue weighted by atomic mass is 9.98. The summed E-state index contributed by atoms with van der Waals surface area (Å²) in [7, 11) is 2.11. The quantitative estimate of drug-likeness (QED) is 0.565. The van der Waals surface area contributed by atoms with Crippen molar-refractivity contribution in [2.24, 2.45) is 9.98 Å². The normalized spacial score (nSPS) is 20.0. The van der Waals surface area contributed by atoms with Crippen molar-refractivity contribution in [1.82, 2.24) is 9.80 Å². The van der Waals surface area contributed by atoms with Gasteiger partial charge >= 0.3 is 0 Å². The number of rotatable bonds is 2. The number of fused-ring (bicyclic) bond motifs is 3. The Morgan fingerprint density at radius 2 is 1.84 bits per heavy atom. The number of hydrogen-bond acceptors (Lipinski definition) is 5. The molecule has 0 saturated carbocycles. The van der Waals surface area contributed by atoms with Gasteiger partial charge in [0.25, 0.3) is 5.91 Å². The van der Waals surface area contributed by atoms with E-state index in [1.54, 1.807) is 4.90 Å². The molecule has 6 nitrogen and oxygen atoms in total. The maximum atomic E-state index is 13.4. The number of carbonyl (C=O) groups excluding carboxylic acids is 1. The Kier molecular flexibility index (Phi) is 4.89. The van der Waals surface area contributed by atoms with Gasteiger partial charge in [0.2, 0.25) is 0 Å². The third-order valence-electron chi connectivity index (χ3n) is 5.86. The van der Waals surface area contributed by atoms with Gasteiger partial charge in [0, 0.05) is 49.1 Å². The maximum Gasteiger partial charge on any atom is 0.284 e. The summed E-state index contributed by atoms with van der Waals surface area (Å²) in [5, 5.41) is 0. The highest BCUT2D eigenvalue weighted by atomic mass is 16.2. The molecule has 2 aromatic rings. The van der Waals surface area contributed by atoms with E-state index in [-0.39, 0.29) is 5.91 Å². The second kappa shape index (κ2) is 7.86. The summed E-state index contributed by atoms with van der Waals surface area (Å²) in [5.41, 5.74) is 4.64. The SMILES string of the molecule is C#Cc1ccc2c(c1)C(c1ccccc1)=NCC1=N/C(=C\N3CCN(C)CC3)C(=O)N12. The van der Waals surface area contributed by atoms with Gasteiger partial charge in [-0.15, -0.1) is 6.42 Å². The molecule has 0 spiro atoms. The van der Waals surface area contributed by atoms with Crippen LogP contribution in [0, 0.1) is 12.3 Å². The van der Waals surface area contributed by atoms with Gasteiger partial charge in [0.1, 0.15) is 11.5 Å². The van der Waals surface area contributed by atoms with Crippen LogP contribution in [0.5, 0.6) is 0 Å².